The first-order valence-electron chi connectivity index (χ1n) is 7.32. The maximum absolute atomic E-state index is 12.1. The summed E-state index contributed by atoms with van der Waals surface area (Å²) < 4.78 is 0. The van der Waals surface area contributed by atoms with Gasteiger partial charge in [-0.15, -0.1) is 0 Å². The number of nitrogens with zero attached hydrogens (tertiary/aromatic N) is 2. The minimum Gasteiger partial charge on any atom is -0.343 e. The minimum atomic E-state index is 0.228. The van der Waals surface area contributed by atoms with Gasteiger partial charge in [0.15, 0.2) is 0 Å². The van der Waals surface area contributed by atoms with Crippen LogP contribution >= 0.6 is 0 Å². The van der Waals surface area contributed by atoms with Crippen LogP contribution in [0.4, 0.5) is 0 Å². The Kier molecular flexibility index (Phi) is 4.62. The zero-order valence-corrected chi connectivity index (χ0v) is 11.9. The van der Waals surface area contributed by atoms with Crippen LogP contribution in [0.25, 0.3) is 0 Å². The molecule has 0 aliphatic carbocycles. The highest BCUT2D eigenvalue weighted by atomic mass is 16.2. The Morgan fingerprint density at radius 3 is 2.33 bits per heavy atom. The fourth-order valence-corrected chi connectivity index (χ4v) is 2.92. The number of hydrogen-bond donors (Lipinski definition) is 1. The molecule has 0 aromatic carbocycles. The van der Waals surface area contributed by atoms with Gasteiger partial charge in [-0.05, 0) is 52.7 Å². The zero-order chi connectivity index (χ0) is 13.0. The lowest BCUT2D eigenvalue weighted by Crippen LogP contribution is -2.51. The van der Waals surface area contributed by atoms with E-state index in [1.165, 1.54) is 25.9 Å². The van der Waals surface area contributed by atoms with Crippen LogP contribution in [0.3, 0.4) is 0 Å². The van der Waals surface area contributed by atoms with E-state index in [1.807, 2.05) is 7.05 Å². The lowest BCUT2D eigenvalue weighted by molar-refractivity contribution is -0.133. The molecule has 0 spiro atoms. The molecule has 0 saturated carbocycles. The summed E-state index contributed by atoms with van der Waals surface area (Å²) in [5, 5.41) is 3.37. The average molecular weight is 253 g/mol. The van der Waals surface area contributed by atoms with Crippen LogP contribution in [0.15, 0.2) is 0 Å². The molecule has 1 amide bonds. The summed E-state index contributed by atoms with van der Waals surface area (Å²) in [7, 11) is 2.02. The molecule has 0 bridgehead atoms. The largest absolute Gasteiger partial charge is 0.343 e. The van der Waals surface area contributed by atoms with Crippen molar-refractivity contribution in [1.82, 2.24) is 15.1 Å². The highest BCUT2D eigenvalue weighted by Crippen LogP contribution is 2.21. The predicted molar refractivity (Wildman–Crippen MR) is 73.6 cm³/mol. The van der Waals surface area contributed by atoms with E-state index in [-0.39, 0.29) is 5.54 Å². The van der Waals surface area contributed by atoms with Crippen molar-refractivity contribution in [3.8, 4) is 0 Å². The molecule has 4 heteroatoms. The molecule has 0 atom stereocenters. The van der Waals surface area contributed by atoms with Gasteiger partial charge in [-0.1, -0.05) is 0 Å². The molecule has 0 aromatic heterocycles. The third-order valence-corrected chi connectivity index (χ3v) is 4.66. The second kappa shape index (κ2) is 6.02. The fourth-order valence-electron chi connectivity index (χ4n) is 2.92. The minimum absolute atomic E-state index is 0.228. The van der Waals surface area contributed by atoms with Gasteiger partial charge in [0.2, 0.25) is 5.91 Å². The number of carbonyl (C=O) groups excluding carboxylic acids is 1. The van der Waals surface area contributed by atoms with E-state index in [9.17, 15) is 4.79 Å². The standard InChI is InChI=1S/C14H27N3O/c1-14(15-2)6-11-17(12-7-14)13(18)5-10-16-8-3-4-9-16/h15H,3-12H2,1-2H3. The van der Waals surface area contributed by atoms with Crippen LogP contribution in [0, 0.1) is 0 Å². The SMILES string of the molecule is CNC1(C)CCN(C(=O)CCN2CCCC2)CC1. The molecule has 2 saturated heterocycles. The maximum Gasteiger partial charge on any atom is 0.223 e. The van der Waals surface area contributed by atoms with Crippen LogP contribution in [-0.4, -0.2) is 61.0 Å². The number of amides is 1. The monoisotopic (exact) mass is 253 g/mol. The van der Waals surface area contributed by atoms with Crippen molar-refractivity contribution < 1.29 is 4.79 Å². The summed E-state index contributed by atoms with van der Waals surface area (Å²) in [6, 6.07) is 0. The summed E-state index contributed by atoms with van der Waals surface area (Å²) in [5.41, 5.74) is 0.228. The summed E-state index contributed by atoms with van der Waals surface area (Å²) in [5.74, 6) is 0.347. The number of carbonyl (C=O) groups is 1. The first kappa shape index (κ1) is 13.8. The molecule has 2 fully saturated rings. The summed E-state index contributed by atoms with van der Waals surface area (Å²) >= 11 is 0. The normalized spacial score (nSPS) is 24.4. The molecular formula is C14H27N3O. The molecule has 0 unspecified atom stereocenters. The quantitative estimate of drug-likeness (QED) is 0.814. The Bertz CT molecular complexity index is 279. The maximum atomic E-state index is 12.1. The number of likely N-dealkylation sites (tertiary alicyclic amines) is 2. The number of nitrogens with one attached hydrogen (secondary N) is 1. The van der Waals surface area contributed by atoms with Gasteiger partial charge >= 0.3 is 0 Å². The Morgan fingerprint density at radius 1 is 1.17 bits per heavy atom. The summed E-state index contributed by atoms with van der Waals surface area (Å²) in [6.45, 7) is 7.40. The Balaban J connectivity index is 1.70. The van der Waals surface area contributed by atoms with Gasteiger partial charge in [0, 0.05) is 31.6 Å². The molecule has 104 valence electrons. The van der Waals surface area contributed by atoms with Crippen molar-refractivity contribution >= 4 is 5.91 Å². The van der Waals surface area contributed by atoms with Crippen molar-refractivity contribution in [3.63, 3.8) is 0 Å². The van der Waals surface area contributed by atoms with Crippen LogP contribution < -0.4 is 5.32 Å². The third-order valence-electron chi connectivity index (χ3n) is 4.66. The second-order valence-corrected chi connectivity index (χ2v) is 5.99. The third kappa shape index (κ3) is 3.45. The summed E-state index contributed by atoms with van der Waals surface area (Å²) in [4.78, 5) is 16.6. The van der Waals surface area contributed by atoms with E-state index in [1.54, 1.807) is 0 Å². The smallest absolute Gasteiger partial charge is 0.223 e. The molecule has 4 nitrogen and oxygen atoms in total. The highest BCUT2D eigenvalue weighted by molar-refractivity contribution is 5.76. The molecule has 18 heavy (non-hydrogen) atoms. The average Bonchev–Trinajstić information content (AvgIpc) is 2.90. The van der Waals surface area contributed by atoms with Gasteiger partial charge in [-0.3, -0.25) is 4.79 Å². The Morgan fingerprint density at radius 2 is 1.78 bits per heavy atom. The molecule has 2 rings (SSSR count). The van der Waals surface area contributed by atoms with E-state index in [0.717, 1.165) is 32.5 Å². The van der Waals surface area contributed by atoms with E-state index in [4.69, 9.17) is 0 Å². The topological polar surface area (TPSA) is 35.6 Å². The molecule has 1 N–H and O–H groups in total. The van der Waals surface area contributed by atoms with E-state index in [0.29, 0.717) is 12.3 Å². The Labute approximate surface area is 111 Å². The van der Waals surface area contributed by atoms with Crippen LogP contribution in [-0.2, 0) is 4.79 Å². The molecule has 2 aliphatic heterocycles. The van der Waals surface area contributed by atoms with Crippen molar-refractivity contribution in [3.05, 3.63) is 0 Å². The van der Waals surface area contributed by atoms with Gasteiger partial charge in [0.05, 0.1) is 0 Å². The first-order valence-corrected chi connectivity index (χ1v) is 7.32. The second-order valence-electron chi connectivity index (χ2n) is 5.99. The first-order chi connectivity index (χ1) is 8.63. The lowest BCUT2D eigenvalue weighted by Gasteiger charge is -2.39. The van der Waals surface area contributed by atoms with E-state index >= 15 is 0 Å². The number of piperidine rings is 1. The number of rotatable bonds is 4. The van der Waals surface area contributed by atoms with Crippen molar-refractivity contribution in [1.29, 1.82) is 0 Å². The van der Waals surface area contributed by atoms with Gasteiger partial charge in [0.25, 0.3) is 0 Å². The van der Waals surface area contributed by atoms with E-state index < -0.39 is 0 Å². The van der Waals surface area contributed by atoms with Gasteiger partial charge in [-0.25, -0.2) is 0 Å². The molecule has 0 aromatic rings. The van der Waals surface area contributed by atoms with Crippen molar-refractivity contribution in [2.75, 3.05) is 39.8 Å². The Hall–Kier alpha value is -0.610. The van der Waals surface area contributed by atoms with Crippen molar-refractivity contribution in [2.24, 2.45) is 0 Å². The highest BCUT2D eigenvalue weighted by Gasteiger charge is 2.30. The molecule has 2 heterocycles. The summed E-state index contributed by atoms with van der Waals surface area (Å²) in [6.07, 6.45) is 5.45. The number of hydrogen-bond acceptors (Lipinski definition) is 3. The van der Waals surface area contributed by atoms with E-state index in [2.05, 4.69) is 22.0 Å². The predicted octanol–water partition coefficient (Wildman–Crippen LogP) is 1.07. The van der Waals surface area contributed by atoms with Gasteiger partial charge in [0.1, 0.15) is 0 Å². The van der Waals surface area contributed by atoms with Gasteiger partial charge in [-0.2, -0.15) is 0 Å². The molecule has 0 radical (unpaired) electrons. The molecular weight excluding hydrogens is 226 g/mol. The zero-order valence-electron chi connectivity index (χ0n) is 11.9. The molecule has 2 aliphatic rings. The van der Waals surface area contributed by atoms with Crippen LogP contribution in [0.1, 0.15) is 39.0 Å². The van der Waals surface area contributed by atoms with Crippen molar-refractivity contribution in [2.45, 2.75) is 44.6 Å². The lowest BCUT2D eigenvalue weighted by atomic mass is 9.90. The van der Waals surface area contributed by atoms with Crippen LogP contribution in [0.5, 0.6) is 0 Å². The van der Waals surface area contributed by atoms with Gasteiger partial charge < -0.3 is 15.1 Å². The van der Waals surface area contributed by atoms with Crippen LogP contribution in [0.2, 0.25) is 0 Å². The fraction of sp³-hybridized carbons (Fsp3) is 0.929.